The fourth-order valence-electron chi connectivity index (χ4n) is 0.987. The van der Waals surface area contributed by atoms with Gasteiger partial charge in [-0.2, -0.15) is 0 Å². The minimum atomic E-state index is -0.353. The first-order valence-corrected chi connectivity index (χ1v) is 5.37. The molecule has 0 atom stereocenters. The Morgan fingerprint density at radius 3 is 2.20 bits per heavy atom. The molecule has 2 amide bonds. The molecule has 1 N–H and O–H groups in total. The van der Waals surface area contributed by atoms with Crippen LogP contribution < -0.4 is 5.32 Å². The van der Waals surface area contributed by atoms with Gasteiger partial charge in [-0.25, -0.2) is 4.79 Å². The number of nitrogens with one attached hydrogen (secondary N) is 1. The number of urea groups is 1. The molecule has 5 heteroatoms. The molecule has 5 nitrogen and oxygen atoms in total. The van der Waals surface area contributed by atoms with E-state index >= 15 is 0 Å². The monoisotopic (exact) mass is 218 g/mol. The van der Waals surface area contributed by atoms with Crippen LogP contribution in [0, 0.1) is 0 Å². The Hall–Kier alpha value is -0.810. The van der Waals surface area contributed by atoms with E-state index in [0.717, 1.165) is 0 Å². The van der Waals surface area contributed by atoms with E-state index in [4.69, 9.17) is 9.47 Å². The number of ether oxygens (including phenoxy) is 2. The fraction of sp³-hybridized carbons (Fsp3) is 0.900. The molecule has 0 rings (SSSR count). The van der Waals surface area contributed by atoms with Crippen LogP contribution in [0.1, 0.15) is 20.8 Å². The van der Waals surface area contributed by atoms with Gasteiger partial charge < -0.3 is 19.7 Å². The van der Waals surface area contributed by atoms with Crippen molar-refractivity contribution in [3.63, 3.8) is 0 Å². The largest absolute Gasteiger partial charge is 0.351 e. The van der Waals surface area contributed by atoms with Gasteiger partial charge >= 0.3 is 6.03 Å². The first-order chi connectivity index (χ1) is 7.15. The Bertz CT molecular complexity index is 170. The predicted molar refractivity (Wildman–Crippen MR) is 58.7 cm³/mol. The lowest BCUT2D eigenvalue weighted by Gasteiger charge is -2.20. The van der Waals surface area contributed by atoms with Crippen molar-refractivity contribution in [1.82, 2.24) is 10.2 Å². The lowest BCUT2D eigenvalue weighted by Crippen LogP contribution is -2.42. The molecule has 0 bridgehead atoms. The summed E-state index contributed by atoms with van der Waals surface area (Å²) in [5, 5.41) is 2.74. The number of hydrogen-bond acceptors (Lipinski definition) is 3. The minimum absolute atomic E-state index is 0.109. The van der Waals surface area contributed by atoms with Crippen molar-refractivity contribution < 1.29 is 14.3 Å². The van der Waals surface area contributed by atoms with Crippen LogP contribution in [0.25, 0.3) is 0 Å². The third-order valence-corrected chi connectivity index (χ3v) is 1.95. The van der Waals surface area contributed by atoms with Crippen LogP contribution in [0.4, 0.5) is 4.79 Å². The van der Waals surface area contributed by atoms with Gasteiger partial charge in [0.25, 0.3) is 0 Å². The lowest BCUT2D eigenvalue weighted by molar-refractivity contribution is -0.131. The number of hydrogen-bond donors (Lipinski definition) is 1. The highest BCUT2D eigenvalue weighted by molar-refractivity contribution is 5.73. The SMILES string of the molecule is CCOC(CNC(=O)N(C)CC)OCC. The summed E-state index contributed by atoms with van der Waals surface area (Å²) in [5.41, 5.74) is 0. The van der Waals surface area contributed by atoms with Crippen molar-refractivity contribution in [2.75, 3.05) is 33.4 Å². The molecule has 90 valence electrons. The zero-order valence-electron chi connectivity index (χ0n) is 10.1. The first kappa shape index (κ1) is 14.2. The zero-order chi connectivity index (χ0) is 11.7. The Morgan fingerprint density at radius 1 is 1.27 bits per heavy atom. The molecule has 0 aromatic rings. The second-order valence-corrected chi connectivity index (χ2v) is 3.04. The van der Waals surface area contributed by atoms with E-state index in [1.165, 1.54) is 0 Å². The van der Waals surface area contributed by atoms with E-state index in [0.29, 0.717) is 26.3 Å². The van der Waals surface area contributed by atoms with Crippen molar-refractivity contribution in [2.45, 2.75) is 27.1 Å². The molecule has 0 saturated heterocycles. The smallest absolute Gasteiger partial charge is 0.317 e. The molecular formula is C10H22N2O3. The van der Waals surface area contributed by atoms with E-state index < -0.39 is 0 Å². The van der Waals surface area contributed by atoms with E-state index in [1.54, 1.807) is 11.9 Å². The second-order valence-electron chi connectivity index (χ2n) is 3.04. The maximum Gasteiger partial charge on any atom is 0.317 e. The highest BCUT2D eigenvalue weighted by atomic mass is 16.7. The van der Waals surface area contributed by atoms with Gasteiger partial charge in [-0.3, -0.25) is 0 Å². The quantitative estimate of drug-likeness (QED) is 0.650. The Labute approximate surface area is 91.7 Å². The van der Waals surface area contributed by atoms with Gasteiger partial charge in [0.2, 0.25) is 0 Å². The van der Waals surface area contributed by atoms with Gasteiger partial charge in [-0.1, -0.05) is 0 Å². The Morgan fingerprint density at radius 2 is 1.80 bits per heavy atom. The summed E-state index contributed by atoms with van der Waals surface area (Å²) in [4.78, 5) is 13.0. The third kappa shape index (κ3) is 6.30. The summed E-state index contributed by atoms with van der Waals surface area (Å²) in [6, 6.07) is -0.109. The number of rotatable bonds is 7. The summed E-state index contributed by atoms with van der Waals surface area (Å²) in [7, 11) is 1.74. The summed E-state index contributed by atoms with van der Waals surface area (Å²) < 4.78 is 10.6. The van der Waals surface area contributed by atoms with Crippen LogP contribution >= 0.6 is 0 Å². The molecule has 0 aromatic heterocycles. The van der Waals surface area contributed by atoms with E-state index in [9.17, 15) is 4.79 Å². The molecule has 0 heterocycles. The molecule has 0 aliphatic heterocycles. The highest BCUT2D eigenvalue weighted by Gasteiger charge is 2.11. The molecule has 0 aromatic carbocycles. The van der Waals surface area contributed by atoms with Gasteiger partial charge in [0.15, 0.2) is 6.29 Å². The fourth-order valence-corrected chi connectivity index (χ4v) is 0.987. The standard InChI is InChI=1S/C10H22N2O3/c1-5-12(4)10(13)11-8-9(14-6-2)15-7-3/h9H,5-8H2,1-4H3,(H,11,13). The molecule has 0 aliphatic rings. The van der Waals surface area contributed by atoms with Crippen LogP contribution in [0.3, 0.4) is 0 Å². The molecule has 0 unspecified atom stereocenters. The van der Waals surface area contributed by atoms with Gasteiger partial charge in [0, 0.05) is 26.8 Å². The average molecular weight is 218 g/mol. The molecule has 0 fully saturated rings. The van der Waals surface area contributed by atoms with Crippen LogP contribution in [-0.2, 0) is 9.47 Å². The summed E-state index contributed by atoms with van der Waals surface area (Å²) in [6.07, 6.45) is -0.353. The van der Waals surface area contributed by atoms with Crippen molar-refractivity contribution in [3.05, 3.63) is 0 Å². The number of carbonyl (C=O) groups excluding carboxylic acids is 1. The van der Waals surface area contributed by atoms with Gasteiger partial charge in [0.1, 0.15) is 0 Å². The maximum absolute atomic E-state index is 11.4. The van der Waals surface area contributed by atoms with E-state index in [-0.39, 0.29) is 12.3 Å². The molecule has 0 spiro atoms. The lowest BCUT2D eigenvalue weighted by atomic mass is 10.5. The van der Waals surface area contributed by atoms with Crippen LogP contribution in [0.5, 0.6) is 0 Å². The number of amides is 2. The van der Waals surface area contributed by atoms with Crippen molar-refractivity contribution in [1.29, 1.82) is 0 Å². The number of carbonyl (C=O) groups is 1. The van der Waals surface area contributed by atoms with Crippen LogP contribution in [0.2, 0.25) is 0 Å². The zero-order valence-corrected chi connectivity index (χ0v) is 10.1. The topological polar surface area (TPSA) is 50.8 Å². The maximum atomic E-state index is 11.4. The molecule has 15 heavy (non-hydrogen) atoms. The van der Waals surface area contributed by atoms with Gasteiger partial charge in [0.05, 0.1) is 6.54 Å². The first-order valence-electron chi connectivity index (χ1n) is 5.37. The minimum Gasteiger partial charge on any atom is -0.351 e. The summed E-state index contributed by atoms with van der Waals surface area (Å²) in [6.45, 7) is 7.92. The molecule has 0 aliphatic carbocycles. The molecule has 0 radical (unpaired) electrons. The van der Waals surface area contributed by atoms with E-state index in [2.05, 4.69) is 5.32 Å². The highest BCUT2D eigenvalue weighted by Crippen LogP contribution is 1.94. The Balaban J connectivity index is 3.82. The third-order valence-electron chi connectivity index (χ3n) is 1.95. The number of nitrogens with zero attached hydrogens (tertiary/aromatic N) is 1. The average Bonchev–Trinajstić information content (AvgIpc) is 2.25. The second kappa shape index (κ2) is 8.49. The van der Waals surface area contributed by atoms with Crippen molar-refractivity contribution in [2.24, 2.45) is 0 Å². The predicted octanol–water partition coefficient (Wildman–Crippen LogP) is 1.05. The molecule has 0 saturated carbocycles. The van der Waals surface area contributed by atoms with E-state index in [1.807, 2.05) is 20.8 Å². The van der Waals surface area contributed by atoms with Crippen molar-refractivity contribution in [3.8, 4) is 0 Å². The summed E-state index contributed by atoms with van der Waals surface area (Å²) >= 11 is 0. The molecular weight excluding hydrogens is 196 g/mol. The van der Waals surface area contributed by atoms with Gasteiger partial charge in [-0.05, 0) is 20.8 Å². The van der Waals surface area contributed by atoms with Gasteiger partial charge in [-0.15, -0.1) is 0 Å². The normalized spacial score (nSPS) is 10.5. The van der Waals surface area contributed by atoms with Crippen LogP contribution in [0.15, 0.2) is 0 Å². The van der Waals surface area contributed by atoms with Crippen molar-refractivity contribution >= 4 is 6.03 Å². The Kier molecular flexibility index (Phi) is 8.04. The van der Waals surface area contributed by atoms with Crippen LogP contribution in [-0.4, -0.2) is 50.6 Å². The summed E-state index contributed by atoms with van der Waals surface area (Å²) in [5.74, 6) is 0.